The molecule has 1 unspecified atom stereocenters. The number of hydrogen-bond acceptors (Lipinski definition) is 2. The van der Waals surface area contributed by atoms with Crippen molar-refractivity contribution in [2.45, 2.75) is 12.0 Å². The van der Waals surface area contributed by atoms with Crippen LogP contribution in [0.15, 0.2) is 53.0 Å². The van der Waals surface area contributed by atoms with Gasteiger partial charge in [-0.25, -0.2) is 0 Å². The average Bonchev–Trinajstić information content (AvgIpc) is 2.56. The van der Waals surface area contributed by atoms with Gasteiger partial charge in [0.1, 0.15) is 17.1 Å². The van der Waals surface area contributed by atoms with Crippen LogP contribution in [0.1, 0.15) is 12.0 Å². The molecular formula is C17H13Cl5O2. The standard InChI is InChI=1S/C17H13Cl5O2/c18-9-12(21)8-17(23,10-19)15-6-5-14(7-16(15)22)24-13-3-1-11(20)2-4-13/h1-7,9,23H,8,10H2/b12-9-. The van der Waals surface area contributed by atoms with Crippen molar-refractivity contribution in [3.05, 3.63) is 68.6 Å². The molecule has 0 saturated heterocycles. The fourth-order valence-corrected chi connectivity index (χ4v) is 3.12. The minimum atomic E-state index is -1.43. The van der Waals surface area contributed by atoms with Gasteiger partial charge in [0.15, 0.2) is 0 Å². The molecule has 0 fully saturated rings. The molecule has 0 aliphatic rings. The Labute approximate surface area is 165 Å². The van der Waals surface area contributed by atoms with Gasteiger partial charge in [0.2, 0.25) is 0 Å². The molecule has 0 amide bonds. The van der Waals surface area contributed by atoms with Crippen molar-refractivity contribution in [3.63, 3.8) is 0 Å². The molecule has 0 aliphatic carbocycles. The van der Waals surface area contributed by atoms with Gasteiger partial charge in [-0.3, -0.25) is 0 Å². The molecule has 0 saturated carbocycles. The highest BCUT2D eigenvalue weighted by atomic mass is 35.5. The van der Waals surface area contributed by atoms with Gasteiger partial charge in [0.05, 0.1) is 10.9 Å². The molecule has 7 heteroatoms. The lowest BCUT2D eigenvalue weighted by atomic mass is 9.92. The zero-order chi connectivity index (χ0) is 17.7. The van der Waals surface area contributed by atoms with Gasteiger partial charge in [-0.15, -0.1) is 11.6 Å². The Morgan fingerprint density at radius 3 is 2.25 bits per heavy atom. The third kappa shape index (κ3) is 4.95. The van der Waals surface area contributed by atoms with Crippen molar-refractivity contribution in [1.29, 1.82) is 0 Å². The van der Waals surface area contributed by atoms with Crippen LogP contribution >= 0.6 is 58.0 Å². The zero-order valence-corrected chi connectivity index (χ0v) is 16.1. The first-order chi connectivity index (χ1) is 11.4. The van der Waals surface area contributed by atoms with Gasteiger partial charge < -0.3 is 9.84 Å². The second-order valence-electron chi connectivity index (χ2n) is 5.10. The second kappa shape index (κ2) is 8.66. The second-order valence-corrected chi connectivity index (χ2v) is 6.91. The van der Waals surface area contributed by atoms with Gasteiger partial charge in [-0.2, -0.15) is 0 Å². The molecular weight excluding hydrogens is 413 g/mol. The summed E-state index contributed by atoms with van der Waals surface area (Å²) in [6.45, 7) is 0. The predicted octanol–water partition coefficient (Wildman–Crippen LogP) is 6.92. The summed E-state index contributed by atoms with van der Waals surface area (Å²) in [6.07, 6.45) is 0.0542. The average molecular weight is 427 g/mol. The number of ether oxygens (including phenoxy) is 1. The van der Waals surface area contributed by atoms with Crippen molar-refractivity contribution in [2.24, 2.45) is 0 Å². The molecule has 2 rings (SSSR count). The maximum Gasteiger partial charge on any atom is 0.128 e. The SMILES string of the molecule is OC(CCl)(C/C(Cl)=C/Cl)c1ccc(Oc2ccc(Cl)cc2)cc1Cl. The number of benzene rings is 2. The molecule has 0 aromatic heterocycles. The molecule has 128 valence electrons. The van der Waals surface area contributed by atoms with E-state index in [0.29, 0.717) is 27.1 Å². The van der Waals surface area contributed by atoms with E-state index in [1.54, 1.807) is 42.5 Å². The van der Waals surface area contributed by atoms with Crippen LogP contribution in [0.2, 0.25) is 10.0 Å². The number of hydrogen-bond donors (Lipinski definition) is 1. The summed E-state index contributed by atoms with van der Waals surface area (Å²) >= 11 is 29.5. The maximum atomic E-state index is 10.7. The van der Waals surface area contributed by atoms with Crippen LogP contribution in [-0.4, -0.2) is 11.0 Å². The van der Waals surface area contributed by atoms with E-state index >= 15 is 0 Å². The van der Waals surface area contributed by atoms with Crippen molar-refractivity contribution < 1.29 is 9.84 Å². The Bertz CT molecular complexity index is 730. The van der Waals surface area contributed by atoms with Crippen LogP contribution in [0.4, 0.5) is 0 Å². The largest absolute Gasteiger partial charge is 0.457 e. The number of halogens is 5. The third-order valence-electron chi connectivity index (χ3n) is 3.29. The minimum absolute atomic E-state index is 0.0542. The first-order valence-corrected chi connectivity index (χ1v) is 8.95. The van der Waals surface area contributed by atoms with Crippen molar-refractivity contribution >= 4 is 58.0 Å². The van der Waals surface area contributed by atoms with Crippen LogP contribution in [-0.2, 0) is 5.60 Å². The topological polar surface area (TPSA) is 29.5 Å². The van der Waals surface area contributed by atoms with Gasteiger partial charge in [-0.1, -0.05) is 52.5 Å². The molecule has 0 radical (unpaired) electrons. The van der Waals surface area contributed by atoms with E-state index in [9.17, 15) is 5.11 Å². The van der Waals surface area contributed by atoms with Crippen molar-refractivity contribution in [3.8, 4) is 11.5 Å². The number of alkyl halides is 1. The van der Waals surface area contributed by atoms with Crippen LogP contribution in [0.25, 0.3) is 0 Å². The van der Waals surface area contributed by atoms with Crippen molar-refractivity contribution in [1.82, 2.24) is 0 Å². The highest BCUT2D eigenvalue weighted by Crippen LogP contribution is 2.38. The highest BCUT2D eigenvalue weighted by molar-refractivity contribution is 6.36. The van der Waals surface area contributed by atoms with Crippen molar-refractivity contribution in [2.75, 3.05) is 5.88 Å². The lowest BCUT2D eigenvalue weighted by Gasteiger charge is -2.27. The zero-order valence-electron chi connectivity index (χ0n) is 12.3. The van der Waals surface area contributed by atoms with Crippen LogP contribution < -0.4 is 4.74 Å². The Balaban J connectivity index is 2.26. The quantitative estimate of drug-likeness (QED) is 0.508. The molecule has 0 bridgehead atoms. The predicted molar refractivity (Wildman–Crippen MR) is 102 cm³/mol. The number of aliphatic hydroxyl groups is 1. The van der Waals surface area contributed by atoms with Gasteiger partial charge >= 0.3 is 0 Å². The Kier molecular flexibility index (Phi) is 7.11. The fourth-order valence-electron chi connectivity index (χ4n) is 2.11. The number of rotatable bonds is 6. The summed E-state index contributed by atoms with van der Waals surface area (Å²) in [5, 5.41) is 11.9. The van der Waals surface area contributed by atoms with E-state index in [4.69, 9.17) is 62.7 Å². The Morgan fingerprint density at radius 1 is 1.08 bits per heavy atom. The molecule has 2 nitrogen and oxygen atoms in total. The molecule has 1 atom stereocenters. The summed E-state index contributed by atoms with van der Waals surface area (Å²) in [5.74, 6) is 1.04. The molecule has 0 heterocycles. The van der Waals surface area contributed by atoms with Gasteiger partial charge in [0.25, 0.3) is 0 Å². The Hall–Kier alpha value is -0.610. The molecule has 2 aromatic carbocycles. The van der Waals surface area contributed by atoms with Crippen LogP contribution in [0, 0.1) is 0 Å². The molecule has 24 heavy (non-hydrogen) atoms. The fraction of sp³-hybridized carbons (Fsp3) is 0.176. The van der Waals surface area contributed by atoms with Gasteiger partial charge in [-0.05, 0) is 36.4 Å². The molecule has 0 spiro atoms. The Morgan fingerprint density at radius 2 is 1.71 bits per heavy atom. The lowest BCUT2D eigenvalue weighted by molar-refractivity contribution is 0.0634. The lowest BCUT2D eigenvalue weighted by Crippen LogP contribution is -2.28. The normalized spacial score (nSPS) is 14.3. The van der Waals surface area contributed by atoms with E-state index in [1.807, 2.05) is 0 Å². The molecule has 2 aromatic rings. The van der Waals surface area contributed by atoms with E-state index in [0.717, 1.165) is 0 Å². The first-order valence-electron chi connectivity index (χ1n) is 6.84. The molecule has 0 aliphatic heterocycles. The summed E-state index contributed by atoms with van der Waals surface area (Å²) in [5.41, 5.74) is 0.199. The summed E-state index contributed by atoms with van der Waals surface area (Å²) in [7, 11) is 0. The van der Waals surface area contributed by atoms with E-state index < -0.39 is 5.60 Å². The summed E-state index contributed by atoms with van der Waals surface area (Å²) in [6, 6.07) is 11.9. The summed E-state index contributed by atoms with van der Waals surface area (Å²) < 4.78 is 5.70. The smallest absolute Gasteiger partial charge is 0.128 e. The summed E-state index contributed by atoms with van der Waals surface area (Å²) in [4.78, 5) is 0. The van der Waals surface area contributed by atoms with Crippen LogP contribution in [0.5, 0.6) is 11.5 Å². The van der Waals surface area contributed by atoms with Gasteiger partial charge in [0, 0.05) is 27.6 Å². The van der Waals surface area contributed by atoms with Crippen LogP contribution in [0.3, 0.4) is 0 Å². The van der Waals surface area contributed by atoms with E-state index in [-0.39, 0.29) is 17.3 Å². The highest BCUT2D eigenvalue weighted by Gasteiger charge is 2.31. The first kappa shape index (κ1) is 19.7. The van der Waals surface area contributed by atoms with E-state index in [1.165, 1.54) is 5.54 Å². The van der Waals surface area contributed by atoms with E-state index in [2.05, 4.69) is 0 Å². The monoisotopic (exact) mass is 424 g/mol. The molecule has 1 N–H and O–H groups in total. The maximum absolute atomic E-state index is 10.7. The third-order valence-corrected chi connectivity index (χ3v) is 4.92. The minimum Gasteiger partial charge on any atom is -0.457 e.